The number of hydrogen-bond donors (Lipinski definition) is 1. The maximum atomic E-state index is 12.9. The Morgan fingerprint density at radius 3 is 2.69 bits per heavy atom. The summed E-state index contributed by atoms with van der Waals surface area (Å²) in [5, 5.41) is 12.2. The van der Waals surface area contributed by atoms with E-state index < -0.39 is 0 Å². The highest BCUT2D eigenvalue weighted by Crippen LogP contribution is 2.34. The molecule has 3 aromatic rings. The lowest BCUT2D eigenvalue weighted by Gasteiger charge is -2.16. The van der Waals surface area contributed by atoms with Crippen molar-refractivity contribution >= 4 is 45.7 Å². The highest BCUT2D eigenvalue weighted by atomic mass is 32.2. The van der Waals surface area contributed by atoms with Gasteiger partial charge in [0.15, 0.2) is 0 Å². The van der Waals surface area contributed by atoms with Crippen LogP contribution in [0.3, 0.4) is 0 Å². The van der Waals surface area contributed by atoms with E-state index in [1.54, 1.807) is 24.1 Å². The van der Waals surface area contributed by atoms with Crippen molar-refractivity contribution in [3.05, 3.63) is 64.9 Å². The van der Waals surface area contributed by atoms with Crippen LogP contribution in [-0.2, 0) is 15.3 Å². The predicted molar refractivity (Wildman–Crippen MR) is 124 cm³/mol. The second-order valence-corrected chi connectivity index (χ2v) is 9.21. The number of thioether (sulfide) groups is 1. The van der Waals surface area contributed by atoms with Crippen LogP contribution in [0.25, 0.3) is 0 Å². The maximum absolute atomic E-state index is 12.9. The average molecular weight is 473 g/mol. The lowest BCUT2D eigenvalue weighted by molar-refractivity contribution is -0.117. The molecule has 1 atom stereocenters. The van der Waals surface area contributed by atoms with Crippen LogP contribution in [0.5, 0.6) is 5.75 Å². The molecular formula is C22H21FN4O3S2. The minimum atomic E-state index is -0.278. The number of carbonyl (C=O) groups excluding carboxylic acids is 2. The number of halogens is 1. The molecule has 32 heavy (non-hydrogen) atoms. The fraction of sp³-hybridized carbons (Fsp3) is 0.273. The molecule has 1 N–H and O–H groups in total. The fourth-order valence-corrected chi connectivity index (χ4v) is 4.97. The van der Waals surface area contributed by atoms with E-state index in [9.17, 15) is 14.0 Å². The zero-order chi connectivity index (χ0) is 22.5. The number of nitrogens with zero attached hydrogens (tertiary/aromatic N) is 3. The number of ether oxygens (including phenoxy) is 1. The summed E-state index contributed by atoms with van der Waals surface area (Å²) >= 11 is 2.73. The molecule has 166 valence electrons. The normalized spacial score (nSPS) is 15.8. The van der Waals surface area contributed by atoms with Gasteiger partial charge < -0.3 is 9.64 Å². The van der Waals surface area contributed by atoms with Gasteiger partial charge in [-0.1, -0.05) is 23.5 Å². The van der Waals surface area contributed by atoms with Gasteiger partial charge in [0.1, 0.15) is 16.6 Å². The Morgan fingerprint density at radius 1 is 1.22 bits per heavy atom. The lowest BCUT2D eigenvalue weighted by atomic mass is 10.1. The zero-order valence-corrected chi connectivity index (χ0v) is 18.9. The number of hydrogen-bond acceptors (Lipinski definition) is 7. The highest BCUT2D eigenvalue weighted by Gasteiger charge is 2.34. The van der Waals surface area contributed by atoms with Crippen molar-refractivity contribution in [3.8, 4) is 5.75 Å². The third kappa shape index (κ3) is 5.43. The van der Waals surface area contributed by atoms with Crippen LogP contribution in [0.4, 0.5) is 15.2 Å². The van der Waals surface area contributed by atoms with Crippen molar-refractivity contribution in [2.24, 2.45) is 0 Å². The first-order chi connectivity index (χ1) is 15.5. The second-order valence-electron chi connectivity index (χ2n) is 7.22. The number of nitrogens with one attached hydrogen (secondary N) is 1. The molecule has 1 aromatic heterocycles. The monoisotopic (exact) mass is 472 g/mol. The first kappa shape index (κ1) is 22.2. The Hall–Kier alpha value is -2.98. The molecule has 2 aromatic carbocycles. The molecule has 0 saturated carbocycles. The number of methoxy groups -OCH3 is 1. The van der Waals surface area contributed by atoms with E-state index in [0.717, 1.165) is 22.0 Å². The Balaban J connectivity index is 1.28. The Bertz CT molecular complexity index is 1090. The minimum absolute atomic E-state index is 0.0261. The molecule has 1 aliphatic heterocycles. The van der Waals surface area contributed by atoms with Crippen molar-refractivity contribution in [1.82, 2.24) is 10.2 Å². The third-order valence-electron chi connectivity index (χ3n) is 4.96. The summed E-state index contributed by atoms with van der Waals surface area (Å²) < 4.78 is 18.1. The molecule has 1 unspecified atom stereocenters. The van der Waals surface area contributed by atoms with Crippen molar-refractivity contribution in [3.63, 3.8) is 0 Å². The van der Waals surface area contributed by atoms with E-state index in [-0.39, 0.29) is 29.3 Å². The summed E-state index contributed by atoms with van der Waals surface area (Å²) in [5.74, 6) is 1.10. The molecule has 0 aliphatic carbocycles. The van der Waals surface area contributed by atoms with E-state index in [4.69, 9.17) is 4.74 Å². The van der Waals surface area contributed by atoms with Crippen LogP contribution in [0, 0.1) is 5.82 Å². The Kier molecular flexibility index (Phi) is 7.01. The Labute approximate surface area is 193 Å². The summed E-state index contributed by atoms with van der Waals surface area (Å²) in [5.41, 5.74) is 1.77. The van der Waals surface area contributed by atoms with Crippen LogP contribution in [0.15, 0.2) is 48.5 Å². The van der Waals surface area contributed by atoms with E-state index in [1.807, 2.05) is 24.3 Å². The van der Waals surface area contributed by atoms with Crippen molar-refractivity contribution < 1.29 is 18.7 Å². The third-order valence-corrected chi connectivity index (χ3v) is 6.97. The zero-order valence-electron chi connectivity index (χ0n) is 17.3. The van der Waals surface area contributed by atoms with E-state index in [1.165, 1.54) is 35.2 Å². The molecule has 0 radical (unpaired) electrons. The average Bonchev–Trinajstić information content (AvgIpc) is 3.41. The minimum Gasteiger partial charge on any atom is -0.497 e. The molecule has 2 amide bonds. The summed E-state index contributed by atoms with van der Waals surface area (Å²) in [7, 11) is 1.60. The number of amides is 2. The van der Waals surface area contributed by atoms with E-state index >= 15 is 0 Å². The Morgan fingerprint density at radius 2 is 1.97 bits per heavy atom. The molecule has 0 bridgehead atoms. The molecule has 1 fully saturated rings. The molecule has 0 spiro atoms. The predicted octanol–water partition coefficient (Wildman–Crippen LogP) is 4.08. The van der Waals surface area contributed by atoms with Crippen LogP contribution in [0.2, 0.25) is 0 Å². The number of benzene rings is 2. The summed E-state index contributed by atoms with van der Waals surface area (Å²) in [4.78, 5) is 26.4. The van der Waals surface area contributed by atoms with Gasteiger partial charge in [0.25, 0.3) is 0 Å². The molecule has 10 heteroatoms. The second kappa shape index (κ2) is 10.1. The molecule has 1 aliphatic rings. The van der Waals surface area contributed by atoms with Gasteiger partial charge in [-0.15, -0.1) is 22.0 Å². The summed E-state index contributed by atoms with van der Waals surface area (Å²) in [6, 6.07) is 13.6. The summed E-state index contributed by atoms with van der Waals surface area (Å²) in [6.45, 7) is 0.515. The first-order valence-electron chi connectivity index (χ1n) is 9.91. The van der Waals surface area contributed by atoms with Crippen LogP contribution < -0.4 is 15.0 Å². The lowest BCUT2D eigenvalue weighted by Crippen LogP contribution is -2.24. The van der Waals surface area contributed by atoms with Gasteiger partial charge in [-0.05, 0) is 42.0 Å². The van der Waals surface area contributed by atoms with Gasteiger partial charge in [0.2, 0.25) is 16.9 Å². The first-order valence-corrected chi connectivity index (χ1v) is 11.9. The van der Waals surface area contributed by atoms with Crippen molar-refractivity contribution in [2.45, 2.75) is 18.1 Å². The van der Waals surface area contributed by atoms with Gasteiger partial charge >= 0.3 is 0 Å². The molecule has 1 saturated heterocycles. The number of anilines is 2. The molecule has 4 rings (SSSR count). The SMILES string of the molecule is COc1ccc(N2CC(c3nnc(NC(=O)CSCc4ccc(F)cc4)s3)CC2=O)cc1. The van der Waals surface area contributed by atoms with Crippen LogP contribution in [-0.4, -0.2) is 41.4 Å². The number of aromatic nitrogens is 2. The molecular weight excluding hydrogens is 451 g/mol. The van der Waals surface area contributed by atoms with E-state index in [0.29, 0.717) is 23.8 Å². The van der Waals surface area contributed by atoms with Crippen molar-refractivity contribution in [2.75, 3.05) is 29.6 Å². The number of rotatable bonds is 8. The van der Waals surface area contributed by atoms with Crippen molar-refractivity contribution in [1.29, 1.82) is 0 Å². The van der Waals surface area contributed by atoms with Gasteiger partial charge in [-0.2, -0.15) is 0 Å². The quantitative estimate of drug-likeness (QED) is 0.532. The maximum Gasteiger partial charge on any atom is 0.236 e. The standard InChI is InChI=1S/C22H21FN4O3S2/c1-30-18-8-6-17(7-9-18)27-11-15(10-20(27)29)21-25-26-22(32-21)24-19(28)13-31-12-14-2-4-16(23)5-3-14/h2-9,15H,10-13H2,1H3,(H,24,26,28). The van der Waals surface area contributed by atoms with E-state index in [2.05, 4.69) is 15.5 Å². The topological polar surface area (TPSA) is 84.4 Å². The van der Waals surface area contributed by atoms with Gasteiger partial charge in [0.05, 0.1) is 12.9 Å². The van der Waals surface area contributed by atoms with Gasteiger partial charge in [-0.3, -0.25) is 14.9 Å². The summed E-state index contributed by atoms with van der Waals surface area (Å²) in [6.07, 6.45) is 0.349. The highest BCUT2D eigenvalue weighted by molar-refractivity contribution is 7.99. The molecule has 2 heterocycles. The van der Waals surface area contributed by atoms with Gasteiger partial charge in [0, 0.05) is 30.3 Å². The smallest absolute Gasteiger partial charge is 0.236 e. The van der Waals surface area contributed by atoms with Crippen LogP contribution >= 0.6 is 23.1 Å². The largest absolute Gasteiger partial charge is 0.497 e. The van der Waals surface area contributed by atoms with Gasteiger partial charge in [-0.25, -0.2) is 4.39 Å². The fourth-order valence-electron chi connectivity index (χ4n) is 3.33. The molecule has 7 nitrogen and oxygen atoms in total. The number of carbonyl (C=O) groups is 2. The van der Waals surface area contributed by atoms with Crippen LogP contribution in [0.1, 0.15) is 22.9 Å².